The van der Waals surface area contributed by atoms with Gasteiger partial charge < -0.3 is 10.3 Å². The molecule has 3 aromatic rings. The zero-order chi connectivity index (χ0) is 16.4. The molecule has 1 atom stereocenters. The molecule has 2 heterocycles. The predicted octanol–water partition coefficient (Wildman–Crippen LogP) is 3.96. The summed E-state index contributed by atoms with van der Waals surface area (Å²) < 4.78 is 0. The quantitative estimate of drug-likeness (QED) is 0.715. The zero-order valence-corrected chi connectivity index (χ0v) is 13.7. The Bertz CT molecular complexity index is 844. The summed E-state index contributed by atoms with van der Waals surface area (Å²) in [5.41, 5.74) is 2.79. The Hall–Kier alpha value is -2.39. The predicted molar refractivity (Wildman–Crippen MR) is 97.3 cm³/mol. The fourth-order valence-electron chi connectivity index (χ4n) is 3.88. The van der Waals surface area contributed by atoms with Gasteiger partial charge in [-0.2, -0.15) is 0 Å². The number of benzene rings is 2. The van der Waals surface area contributed by atoms with E-state index in [4.69, 9.17) is 0 Å². The number of H-pyrrole nitrogens is 1. The first-order valence-corrected chi connectivity index (χ1v) is 8.63. The lowest BCUT2D eigenvalue weighted by atomic mass is 9.70. The Kier molecular flexibility index (Phi) is 3.95. The standard InChI is InChI=1S/C21H22N2O/c24-20(18-7-8-19-17(13-18)9-12-23-19)21(10-4-11-22-15-21)14-16-5-2-1-3-6-16/h1-3,5-9,12-13,22-23H,4,10-11,14-15H2. The minimum atomic E-state index is -0.344. The SMILES string of the molecule is O=C(c1ccc2[nH]ccc2c1)C1(Cc2ccccc2)CCCNC1. The first-order chi connectivity index (χ1) is 11.8. The molecule has 2 N–H and O–H groups in total. The summed E-state index contributed by atoms with van der Waals surface area (Å²) in [6, 6.07) is 18.4. The van der Waals surface area contributed by atoms with Gasteiger partial charge in [-0.3, -0.25) is 4.79 Å². The lowest BCUT2D eigenvalue weighted by molar-refractivity contribution is 0.0738. The number of carbonyl (C=O) groups excluding carboxylic acids is 1. The Morgan fingerprint density at radius 3 is 2.75 bits per heavy atom. The van der Waals surface area contributed by atoms with Crippen molar-refractivity contribution >= 4 is 16.7 Å². The van der Waals surface area contributed by atoms with Crippen molar-refractivity contribution in [2.45, 2.75) is 19.3 Å². The van der Waals surface area contributed by atoms with E-state index in [0.29, 0.717) is 0 Å². The highest BCUT2D eigenvalue weighted by Crippen LogP contribution is 2.35. The third-order valence-corrected chi connectivity index (χ3v) is 5.15. The molecule has 4 rings (SSSR count). The lowest BCUT2D eigenvalue weighted by Crippen LogP contribution is -2.47. The lowest BCUT2D eigenvalue weighted by Gasteiger charge is -2.36. The summed E-state index contributed by atoms with van der Waals surface area (Å²) in [7, 11) is 0. The average Bonchev–Trinajstić information content (AvgIpc) is 3.10. The fourth-order valence-corrected chi connectivity index (χ4v) is 3.88. The van der Waals surface area contributed by atoms with Crippen LogP contribution < -0.4 is 5.32 Å². The molecule has 2 aromatic carbocycles. The second-order valence-electron chi connectivity index (χ2n) is 6.83. The molecule has 0 saturated carbocycles. The smallest absolute Gasteiger partial charge is 0.170 e. The topological polar surface area (TPSA) is 44.9 Å². The molecule has 1 aliphatic heterocycles. The number of carbonyl (C=O) groups is 1. The van der Waals surface area contributed by atoms with Gasteiger partial charge in [0.25, 0.3) is 0 Å². The van der Waals surface area contributed by atoms with E-state index in [1.54, 1.807) is 0 Å². The molecule has 1 unspecified atom stereocenters. The van der Waals surface area contributed by atoms with Gasteiger partial charge in [0.1, 0.15) is 0 Å². The molecular weight excluding hydrogens is 296 g/mol. The number of hydrogen-bond donors (Lipinski definition) is 2. The van der Waals surface area contributed by atoms with E-state index in [0.717, 1.165) is 48.8 Å². The maximum absolute atomic E-state index is 13.4. The summed E-state index contributed by atoms with van der Waals surface area (Å²) >= 11 is 0. The number of aromatic amines is 1. The molecule has 0 spiro atoms. The summed E-state index contributed by atoms with van der Waals surface area (Å²) in [6.45, 7) is 1.76. The van der Waals surface area contributed by atoms with E-state index in [9.17, 15) is 4.79 Å². The van der Waals surface area contributed by atoms with Crippen LogP contribution in [-0.4, -0.2) is 23.9 Å². The van der Waals surface area contributed by atoms with E-state index in [2.05, 4.69) is 34.6 Å². The van der Waals surface area contributed by atoms with Crippen molar-refractivity contribution in [3.05, 3.63) is 71.9 Å². The highest BCUT2D eigenvalue weighted by Gasteiger charge is 2.40. The molecule has 3 heteroatoms. The number of fused-ring (bicyclic) bond motifs is 1. The van der Waals surface area contributed by atoms with E-state index < -0.39 is 0 Å². The van der Waals surface area contributed by atoms with Crippen molar-refractivity contribution in [2.24, 2.45) is 5.41 Å². The highest BCUT2D eigenvalue weighted by atomic mass is 16.1. The van der Waals surface area contributed by atoms with Gasteiger partial charge in [-0.25, -0.2) is 0 Å². The van der Waals surface area contributed by atoms with Gasteiger partial charge in [0.2, 0.25) is 0 Å². The molecule has 0 aliphatic carbocycles. The average molecular weight is 318 g/mol. The van der Waals surface area contributed by atoms with Gasteiger partial charge in [0.15, 0.2) is 5.78 Å². The van der Waals surface area contributed by atoms with Gasteiger partial charge in [-0.15, -0.1) is 0 Å². The van der Waals surface area contributed by atoms with Crippen LogP contribution in [0.5, 0.6) is 0 Å². The number of Topliss-reactive ketones (excluding diaryl/α,β-unsaturated/α-hetero) is 1. The van der Waals surface area contributed by atoms with E-state index in [1.165, 1.54) is 5.56 Å². The van der Waals surface area contributed by atoms with Gasteiger partial charge in [-0.05, 0) is 55.6 Å². The summed E-state index contributed by atoms with van der Waals surface area (Å²) in [6.07, 6.45) is 4.70. The summed E-state index contributed by atoms with van der Waals surface area (Å²) in [4.78, 5) is 16.6. The minimum Gasteiger partial charge on any atom is -0.361 e. The molecule has 3 nitrogen and oxygen atoms in total. The number of hydrogen-bond acceptors (Lipinski definition) is 2. The van der Waals surface area contributed by atoms with Crippen molar-refractivity contribution in [2.75, 3.05) is 13.1 Å². The third-order valence-electron chi connectivity index (χ3n) is 5.15. The third kappa shape index (κ3) is 2.76. The number of piperidine rings is 1. The van der Waals surface area contributed by atoms with Crippen molar-refractivity contribution in [3.8, 4) is 0 Å². The van der Waals surface area contributed by atoms with Gasteiger partial charge in [-0.1, -0.05) is 30.3 Å². The molecule has 122 valence electrons. The van der Waals surface area contributed by atoms with Gasteiger partial charge >= 0.3 is 0 Å². The van der Waals surface area contributed by atoms with Gasteiger partial charge in [0, 0.05) is 29.2 Å². The normalized spacial score (nSPS) is 21.0. The second-order valence-corrected chi connectivity index (χ2v) is 6.83. The molecule has 0 radical (unpaired) electrons. The van der Waals surface area contributed by atoms with Crippen LogP contribution in [0.15, 0.2) is 60.8 Å². The maximum atomic E-state index is 13.4. The largest absolute Gasteiger partial charge is 0.361 e. The maximum Gasteiger partial charge on any atom is 0.170 e. The van der Waals surface area contributed by atoms with Crippen molar-refractivity contribution in [1.29, 1.82) is 0 Å². The molecule has 1 saturated heterocycles. The van der Waals surface area contributed by atoms with Crippen LogP contribution in [-0.2, 0) is 6.42 Å². The van der Waals surface area contributed by atoms with Crippen molar-refractivity contribution in [3.63, 3.8) is 0 Å². The summed E-state index contributed by atoms with van der Waals surface area (Å²) in [5, 5.41) is 4.55. The first-order valence-electron chi connectivity index (χ1n) is 8.63. The summed E-state index contributed by atoms with van der Waals surface area (Å²) in [5.74, 6) is 0.265. The highest BCUT2D eigenvalue weighted by molar-refractivity contribution is 6.03. The number of aromatic nitrogens is 1. The van der Waals surface area contributed by atoms with Crippen LogP contribution in [0, 0.1) is 5.41 Å². The molecule has 1 aromatic heterocycles. The Balaban J connectivity index is 1.70. The molecule has 1 fully saturated rings. The molecule has 1 aliphatic rings. The Morgan fingerprint density at radius 1 is 1.08 bits per heavy atom. The van der Waals surface area contributed by atoms with Crippen molar-refractivity contribution < 1.29 is 4.79 Å². The Morgan fingerprint density at radius 2 is 1.96 bits per heavy atom. The van der Waals surface area contributed by atoms with Crippen LogP contribution in [0.4, 0.5) is 0 Å². The Labute approximate surface area is 142 Å². The van der Waals surface area contributed by atoms with Crippen LogP contribution in [0.2, 0.25) is 0 Å². The molecule has 24 heavy (non-hydrogen) atoms. The molecule has 0 bridgehead atoms. The number of nitrogens with one attached hydrogen (secondary N) is 2. The number of rotatable bonds is 4. The van der Waals surface area contributed by atoms with Crippen molar-refractivity contribution in [1.82, 2.24) is 10.3 Å². The van der Waals surface area contributed by atoms with E-state index >= 15 is 0 Å². The van der Waals surface area contributed by atoms with Gasteiger partial charge in [0.05, 0.1) is 5.41 Å². The minimum absolute atomic E-state index is 0.265. The number of ketones is 1. The zero-order valence-electron chi connectivity index (χ0n) is 13.7. The van der Waals surface area contributed by atoms with Crippen LogP contribution in [0.25, 0.3) is 10.9 Å². The van der Waals surface area contributed by atoms with E-state index in [-0.39, 0.29) is 11.2 Å². The van der Waals surface area contributed by atoms with Crippen LogP contribution in [0.3, 0.4) is 0 Å². The first kappa shape index (κ1) is 15.2. The fraction of sp³-hybridized carbons (Fsp3) is 0.286. The van der Waals surface area contributed by atoms with Crippen LogP contribution >= 0.6 is 0 Å². The molecule has 0 amide bonds. The van der Waals surface area contributed by atoms with E-state index in [1.807, 2.05) is 36.5 Å². The monoisotopic (exact) mass is 318 g/mol. The second kappa shape index (κ2) is 6.25. The molecular formula is C21H22N2O. The van der Waals surface area contributed by atoms with Crippen LogP contribution in [0.1, 0.15) is 28.8 Å².